The lowest BCUT2D eigenvalue weighted by atomic mass is 10.0. The maximum absolute atomic E-state index is 15.2. The summed E-state index contributed by atoms with van der Waals surface area (Å²) in [6, 6.07) is 12.3. The molecule has 0 saturated carbocycles. The molecule has 0 aliphatic rings. The number of hydrogen-bond acceptors (Lipinski definition) is 7. The minimum absolute atomic E-state index is 0.0249. The molecule has 5 aromatic rings. The highest BCUT2D eigenvalue weighted by atomic mass is 19.1. The molecule has 5 rings (SSSR count). The number of H-pyrrole nitrogens is 1. The van der Waals surface area contributed by atoms with Crippen LogP contribution in [0.25, 0.3) is 22.2 Å². The Kier molecular flexibility index (Phi) is 7.07. The summed E-state index contributed by atoms with van der Waals surface area (Å²) < 4.78 is 28.8. The number of pyridine rings is 1. The minimum atomic E-state index is -0.489. The Bertz CT molecular complexity index is 1790. The topological polar surface area (TPSA) is 145 Å². The molecule has 0 aliphatic carbocycles. The molecule has 1 atom stereocenters. The van der Waals surface area contributed by atoms with Crippen LogP contribution in [0.2, 0.25) is 0 Å². The first-order chi connectivity index (χ1) is 19.2. The van der Waals surface area contributed by atoms with Crippen LogP contribution in [0.1, 0.15) is 45.6 Å². The summed E-state index contributed by atoms with van der Waals surface area (Å²) in [5, 5.41) is 15.8. The van der Waals surface area contributed by atoms with Crippen LogP contribution in [0.5, 0.6) is 0 Å². The molecule has 2 aromatic carbocycles. The number of rotatable bonds is 7. The number of nitrogens with one attached hydrogen (secondary N) is 3. The third kappa shape index (κ3) is 5.15. The Balaban J connectivity index is 1.36. The van der Waals surface area contributed by atoms with Crippen LogP contribution in [-0.2, 0) is 6.54 Å². The zero-order valence-corrected chi connectivity index (χ0v) is 21.6. The zero-order valence-electron chi connectivity index (χ0n) is 21.6. The number of carbonyl (C=O) groups is 1. The van der Waals surface area contributed by atoms with E-state index in [1.54, 1.807) is 44.3 Å². The van der Waals surface area contributed by atoms with Crippen LogP contribution in [0.4, 0.5) is 20.4 Å². The molecule has 200 valence electrons. The van der Waals surface area contributed by atoms with Crippen LogP contribution in [0, 0.1) is 29.9 Å². The van der Waals surface area contributed by atoms with Crippen molar-refractivity contribution in [3.8, 4) is 17.2 Å². The largest absolute Gasteiger partial charge is 0.383 e. The van der Waals surface area contributed by atoms with E-state index >= 15 is 4.39 Å². The molecule has 1 amide bonds. The molecule has 40 heavy (non-hydrogen) atoms. The minimum Gasteiger partial charge on any atom is -0.383 e. The van der Waals surface area contributed by atoms with E-state index in [9.17, 15) is 14.4 Å². The monoisotopic (exact) mass is 538 g/mol. The molecule has 0 unspecified atom stereocenters. The number of nitrogen functional groups attached to an aromatic ring is 1. The number of nitriles is 1. The SMILES string of the molecule is Cc1cc([C@H](C)NC(=O)c2cc(C#N)cnc2NCc2ccc(-c3c[nH]c4ncnc(N)c34)cc2F)ccc1F. The molecular weight excluding hydrogens is 514 g/mol. The van der Waals surface area contributed by atoms with Crippen molar-refractivity contribution in [3.05, 3.63) is 101 Å². The average molecular weight is 539 g/mol. The van der Waals surface area contributed by atoms with Crippen molar-refractivity contribution < 1.29 is 13.6 Å². The van der Waals surface area contributed by atoms with E-state index in [1.165, 1.54) is 30.7 Å². The normalized spacial score (nSPS) is 11.7. The van der Waals surface area contributed by atoms with Gasteiger partial charge in [0.1, 0.15) is 41.3 Å². The lowest BCUT2D eigenvalue weighted by molar-refractivity contribution is 0.0940. The summed E-state index contributed by atoms with van der Waals surface area (Å²) >= 11 is 0. The Morgan fingerprint density at radius 1 is 1.12 bits per heavy atom. The Labute approximate surface area is 228 Å². The van der Waals surface area contributed by atoms with Gasteiger partial charge in [0.05, 0.1) is 22.6 Å². The summed E-state index contributed by atoms with van der Waals surface area (Å²) in [6.45, 7) is 3.44. The first kappa shape index (κ1) is 26.2. The van der Waals surface area contributed by atoms with Gasteiger partial charge in [-0.2, -0.15) is 5.26 Å². The molecule has 0 aliphatic heterocycles. The Morgan fingerprint density at radius 2 is 1.95 bits per heavy atom. The number of amides is 1. The van der Waals surface area contributed by atoms with Gasteiger partial charge in [-0.25, -0.2) is 23.7 Å². The molecule has 5 N–H and O–H groups in total. The third-order valence-corrected chi connectivity index (χ3v) is 6.60. The fourth-order valence-corrected chi connectivity index (χ4v) is 4.39. The summed E-state index contributed by atoms with van der Waals surface area (Å²) in [5.74, 6) is -0.830. The molecule has 3 aromatic heterocycles. The van der Waals surface area contributed by atoms with Gasteiger partial charge < -0.3 is 21.4 Å². The van der Waals surface area contributed by atoms with E-state index in [2.05, 4.69) is 30.6 Å². The number of hydrogen-bond donors (Lipinski definition) is 4. The van der Waals surface area contributed by atoms with Crippen LogP contribution in [-0.4, -0.2) is 25.8 Å². The van der Waals surface area contributed by atoms with E-state index in [0.29, 0.717) is 33.3 Å². The molecule has 0 fully saturated rings. The van der Waals surface area contributed by atoms with Crippen molar-refractivity contribution in [3.63, 3.8) is 0 Å². The van der Waals surface area contributed by atoms with Crippen molar-refractivity contribution in [1.29, 1.82) is 5.26 Å². The standard InChI is InChI=1S/C29H24F2N8O/c1-15-7-18(5-6-23(15)30)16(2)39-29(40)21-8-17(10-32)11-34-27(21)35-12-20-4-3-19(9-24(20)31)22-13-36-28-25(22)26(33)37-14-38-28/h3-9,11,13-14,16H,12H2,1-2H3,(H,34,35)(H,39,40)(H3,33,36,37,38)/t16-/m0/s1. The van der Waals surface area contributed by atoms with Gasteiger partial charge in [-0.3, -0.25) is 4.79 Å². The smallest absolute Gasteiger partial charge is 0.255 e. The van der Waals surface area contributed by atoms with Crippen LogP contribution < -0.4 is 16.4 Å². The fourth-order valence-electron chi connectivity index (χ4n) is 4.39. The molecule has 0 radical (unpaired) electrons. The number of aromatic nitrogens is 4. The van der Waals surface area contributed by atoms with Gasteiger partial charge in [-0.05, 0) is 48.7 Å². The highest BCUT2D eigenvalue weighted by Crippen LogP contribution is 2.31. The van der Waals surface area contributed by atoms with Gasteiger partial charge >= 0.3 is 0 Å². The summed E-state index contributed by atoms with van der Waals surface area (Å²) in [4.78, 5) is 28.6. The van der Waals surface area contributed by atoms with Crippen LogP contribution in [0.3, 0.4) is 0 Å². The highest BCUT2D eigenvalue weighted by molar-refractivity contribution is 6.00. The van der Waals surface area contributed by atoms with Crippen molar-refractivity contribution in [1.82, 2.24) is 25.3 Å². The van der Waals surface area contributed by atoms with Crippen molar-refractivity contribution in [2.24, 2.45) is 0 Å². The second kappa shape index (κ2) is 10.8. The zero-order chi connectivity index (χ0) is 28.4. The van der Waals surface area contributed by atoms with E-state index in [1.807, 2.05) is 6.07 Å². The van der Waals surface area contributed by atoms with E-state index in [-0.39, 0.29) is 35.1 Å². The summed E-state index contributed by atoms with van der Waals surface area (Å²) in [5.41, 5.74) is 9.65. The predicted octanol–water partition coefficient (Wildman–Crippen LogP) is 5.16. The number of carbonyl (C=O) groups excluding carboxylic acids is 1. The predicted molar refractivity (Wildman–Crippen MR) is 147 cm³/mol. The molecule has 0 saturated heterocycles. The van der Waals surface area contributed by atoms with Gasteiger partial charge in [0, 0.05) is 30.1 Å². The van der Waals surface area contributed by atoms with Gasteiger partial charge in [0.25, 0.3) is 5.91 Å². The first-order valence-electron chi connectivity index (χ1n) is 12.3. The van der Waals surface area contributed by atoms with Crippen LogP contribution in [0.15, 0.2) is 61.2 Å². The maximum atomic E-state index is 15.2. The number of aromatic amines is 1. The maximum Gasteiger partial charge on any atom is 0.255 e. The Hall–Kier alpha value is -5.37. The average Bonchev–Trinajstić information content (AvgIpc) is 3.39. The molecule has 0 bridgehead atoms. The quantitative estimate of drug-likeness (QED) is 0.224. The fraction of sp³-hybridized carbons (Fsp3) is 0.138. The number of halogens is 2. The second-order valence-electron chi connectivity index (χ2n) is 9.28. The van der Waals surface area contributed by atoms with Crippen molar-refractivity contribution in [2.45, 2.75) is 26.4 Å². The Morgan fingerprint density at radius 3 is 2.70 bits per heavy atom. The number of benzene rings is 2. The third-order valence-electron chi connectivity index (χ3n) is 6.60. The lowest BCUT2D eigenvalue weighted by Gasteiger charge is -2.17. The second-order valence-corrected chi connectivity index (χ2v) is 9.28. The molecular formula is C29H24F2N8O. The first-order valence-corrected chi connectivity index (χ1v) is 12.3. The lowest BCUT2D eigenvalue weighted by Crippen LogP contribution is -2.28. The summed E-state index contributed by atoms with van der Waals surface area (Å²) in [7, 11) is 0. The molecule has 3 heterocycles. The molecule has 0 spiro atoms. The van der Waals surface area contributed by atoms with E-state index < -0.39 is 17.8 Å². The summed E-state index contributed by atoms with van der Waals surface area (Å²) in [6.07, 6.45) is 4.38. The van der Waals surface area contributed by atoms with Gasteiger partial charge in [0.2, 0.25) is 0 Å². The number of nitrogens with two attached hydrogens (primary N) is 1. The molecule has 11 heteroatoms. The van der Waals surface area contributed by atoms with Crippen molar-refractivity contribution >= 4 is 28.6 Å². The highest BCUT2D eigenvalue weighted by Gasteiger charge is 2.19. The number of anilines is 2. The van der Waals surface area contributed by atoms with Gasteiger partial charge in [-0.1, -0.05) is 24.3 Å². The van der Waals surface area contributed by atoms with Gasteiger partial charge in [0.15, 0.2) is 0 Å². The van der Waals surface area contributed by atoms with Crippen LogP contribution >= 0.6 is 0 Å². The van der Waals surface area contributed by atoms with Crippen molar-refractivity contribution in [2.75, 3.05) is 11.1 Å². The molecule has 9 nitrogen and oxygen atoms in total. The number of aryl methyl sites for hydroxylation is 1. The van der Waals surface area contributed by atoms with Gasteiger partial charge in [-0.15, -0.1) is 0 Å². The number of nitrogens with zero attached hydrogens (tertiary/aromatic N) is 4. The van der Waals surface area contributed by atoms with E-state index in [0.717, 1.165) is 5.56 Å². The van der Waals surface area contributed by atoms with E-state index in [4.69, 9.17) is 5.73 Å². The number of fused-ring (bicyclic) bond motifs is 1.